The molecule has 0 fully saturated rings. The number of benzene rings is 2. The van der Waals surface area contributed by atoms with Crippen molar-refractivity contribution in [3.63, 3.8) is 0 Å². The van der Waals surface area contributed by atoms with E-state index in [1.807, 2.05) is 0 Å². The molecule has 2 aromatic rings. The van der Waals surface area contributed by atoms with Crippen LogP contribution in [0.25, 0.3) is 6.08 Å². The lowest BCUT2D eigenvalue weighted by Gasteiger charge is -2.05. The normalized spacial score (nSPS) is 10.4. The fourth-order valence-electron chi connectivity index (χ4n) is 1.79. The molecule has 0 radical (unpaired) electrons. The number of carbonyl (C=O) groups excluding carboxylic acids is 2. The van der Waals surface area contributed by atoms with E-state index in [0.717, 1.165) is 6.08 Å². The number of hydrogen-bond donors (Lipinski definition) is 2. The van der Waals surface area contributed by atoms with Gasteiger partial charge in [-0.05, 0) is 36.4 Å². The first-order valence-corrected chi connectivity index (χ1v) is 7.12. The van der Waals surface area contributed by atoms with E-state index >= 15 is 0 Å². The highest BCUT2D eigenvalue weighted by Gasteiger charge is 2.10. The smallest absolute Gasteiger partial charge is 0.268 e. The van der Waals surface area contributed by atoms with Gasteiger partial charge in [0, 0.05) is 22.7 Å². The molecule has 2 N–H and O–H groups in total. The fraction of sp³-hybridized carbons (Fsp3) is 0. The maximum atomic E-state index is 11.8. The summed E-state index contributed by atoms with van der Waals surface area (Å²) in [5, 5.41) is 11.4. The van der Waals surface area contributed by atoms with Crippen LogP contribution in [0.2, 0.25) is 5.02 Å². The Hall–Kier alpha value is -3.19. The maximum Gasteiger partial charge on any atom is 0.276 e. The van der Waals surface area contributed by atoms with Gasteiger partial charge < -0.3 is 0 Å². The van der Waals surface area contributed by atoms with Crippen molar-refractivity contribution in [1.29, 1.82) is 0 Å². The van der Waals surface area contributed by atoms with Gasteiger partial charge in [0.1, 0.15) is 0 Å². The number of hydrazine groups is 1. The largest absolute Gasteiger partial charge is 0.276 e. The van der Waals surface area contributed by atoms with E-state index in [2.05, 4.69) is 10.9 Å². The van der Waals surface area contributed by atoms with Gasteiger partial charge in [0.25, 0.3) is 17.5 Å². The minimum absolute atomic E-state index is 0.119. The van der Waals surface area contributed by atoms with Gasteiger partial charge in [0.15, 0.2) is 0 Å². The average molecular weight is 346 g/mol. The zero-order valence-electron chi connectivity index (χ0n) is 12.2. The number of carbonyl (C=O) groups is 2. The summed E-state index contributed by atoms with van der Waals surface area (Å²) in [6.07, 6.45) is 2.38. The van der Waals surface area contributed by atoms with Crippen molar-refractivity contribution in [2.24, 2.45) is 0 Å². The lowest BCUT2D eigenvalue weighted by Crippen LogP contribution is -2.40. The summed E-state index contributed by atoms with van der Waals surface area (Å²) < 4.78 is 0. The summed E-state index contributed by atoms with van der Waals surface area (Å²) in [5.74, 6) is -1.14. The summed E-state index contributed by atoms with van der Waals surface area (Å²) in [6, 6.07) is 12.1. The fourth-order valence-corrected chi connectivity index (χ4v) is 1.92. The summed E-state index contributed by atoms with van der Waals surface area (Å²) in [7, 11) is 0. The average Bonchev–Trinajstić information content (AvgIpc) is 2.58. The Bertz CT molecular complexity index is 803. The van der Waals surface area contributed by atoms with Gasteiger partial charge in [-0.3, -0.25) is 30.6 Å². The second-order valence-electron chi connectivity index (χ2n) is 4.60. The van der Waals surface area contributed by atoms with Crippen LogP contribution in [-0.2, 0) is 4.79 Å². The minimum Gasteiger partial charge on any atom is -0.268 e. The third-order valence-electron chi connectivity index (χ3n) is 2.95. The molecular weight excluding hydrogens is 334 g/mol. The summed E-state index contributed by atoms with van der Waals surface area (Å²) in [4.78, 5) is 33.8. The number of amides is 2. The van der Waals surface area contributed by atoms with Crippen molar-refractivity contribution in [2.75, 3.05) is 0 Å². The highest BCUT2D eigenvalue weighted by Crippen LogP contribution is 2.18. The summed E-state index contributed by atoms with van der Waals surface area (Å²) >= 11 is 5.72. The highest BCUT2D eigenvalue weighted by molar-refractivity contribution is 6.30. The van der Waals surface area contributed by atoms with Crippen LogP contribution in [0.1, 0.15) is 15.9 Å². The number of rotatable bonds is 4. The van der Waals surface area contributed by atoms with E-state index in [9.17, 15) is 19.7 Å². The van der Waals surface area contributed by atoms with Gasteiger partial charge in [0.2, 0.25) is 0 Å². The van der Waals surface area contributed by atoms with Crippen LogP contribution in [0.4, 0.5) is 5.69 Å². The standard InChI is InChI=1S/C16H12ClN3O4/c17-13-8-5-12(6-9-13)16(22)19-18-15(21)10-7-11-3-1-2-4-14(11)20(23)24/h1-10H,(H,18,21)(H,19,22)/b10-7+. The molecule has 0 aromatic heterocycles. The molecule has 2 rings (SSSR count). The summed E-state index contributed by atoms with van der Waals surface area (Å²) in [6.45, 7) is 0. The van der Waals surface area contributed by atoms with Crippen molar-refractivity contribution >= 4 is 35.2 Å². The minimum atomic E-state index is -0.629. The molecule has 7 nitrogen and oxygen atoms in total. The lowest BCUT2D eigenvalue weighted by molar-refractivity contribution is -0.385. The van der Waals surface area contributed by atoms with Crippen LogP contribution < -0.4 is 10.9 Å². The topological polar surface area (TPSA) is 101 Å². The Labute approximate surface area is 142 Å². The Kier molecular flexibility index (Phi) is 5.64. The first kappa shape index (κ1) is 17.2. The van der Waals surface area contributed by atoms with Crippen LogP contribution >= 0.6 is 11.6 Å². The molecule has 0 saturated carbocycles. The molecule has 0 aliphatic carbocycles. The van der Waals surface area contributed by atoms with E-state index < -0.39 is 16.7 Å². The molecule has 8 heteroatoms. The molecule has 0 heterocycles. The predicted molar refractivity (Wildman–Crippen MR) is 89.2 cm³/mol. The number of nitro groups is 1. The molecule has 0 unspecified atom stereocenters. The Morgan fingerprint density at radius 1 is 1.04 bits per heavy atom. The SMILES string of the molecule is O=C(/C=C/c1ccccc1[N+](=O)[O-])NNC(=O)c1ccc(Cl)cc1. The van der Waals surface area contributed by atoms with E-state index in [4.69, 9.17) is 11.6 Å². The second kappa shape index (κ2) is 7.89. The molecular formula is C16H12ClN3O4. The first-order chi connectivity index (χ1) is 11.5. The van der Waals surface area contributed by atoms with Crippen LogP contribution in [-0.4, -0.2) is 16.7 Å². The lowest BCUT2D eigenvalue weighted by atomic mass is 10.1. The van der Waals surface area contributed by atoms with Crippen molar-refractivity contribution in [3.8, 4) is 0 Å². The Morgan fingerprint density at radius 2 is 1.71 bits per heavy atom. The number of halogens is 1. The van der Waals surface area contributed by atoms with Gasteiger partial charge in [-0.25, -0.2) is 0 Å². The van der Waals surface area contributed by atoms with Crippen LogP contribution in [0, 0.1) is 10.1 Å². The Balaban J connectivity index is 1.95. The van der Waals surface area contributed by atoms with E-state index in [1.165, 1.54) is 36.4 Å². The van der Waals surface area contributed by atoms with Gasteiger partial charge in [-0.1, -0.05) is 23.7 Å². The molecule has 24 heavy (non-hydrogen) atoms. The zero-order valence-corrected chi connectivity index (χ0v) is 13.0. The van der Waals surface area contributed by atoms with Crippen LogP contribution in [0.5, 0.6) is 0 Å². The molecule has 0 aliphatic heterocycles. The Morgan fingerprint density at radius 3 is 2.38 bits per heavy atom. The summed E-state index contributed by atoms with van der Waals surface area (Å²) in [5.41, 5.74) is 4.89. The van der Waals surface area contributed by atoms with E-state index in [0.29, 0.717) is 10.6 Å². The third-order valence-corrected chi connectivity index (χ3v) is 3.21. The third kappa shape index (κ3) is 4.65. The van der Waals surface area contributed by atoms with Gasteiger partial charge in [0.05, 0.1) is 10.5 Å². The molecule has 0 aliphatic rings. The highest BCUT2D eigenvalue weighted by atomic mass is 35.5. The van der Waals surface area contributed by atoms with Crippen molar-refractivity contribution in [1.82, 2.24) is 10.9 Å². The number of nitrogens with zero attached hydrogens (tertiary/aromatic N) is 1. The zero-order chi connectivity index (χ0) is 17.5. The molecule has 2 aromatic carbocycles. The number of hydrogen-bond acceptors (Lipinski definition) is 4. The number of para-hydroxylation sites is 1. The van der Waals surface area contributed by atoms with Crippen molar-refractivity contribution in [3.05, 3.63) is 80.9 Å². The number of nitrogens with one attached hydrogen (secondary N) is 2. The first-order valence-electron chi connectivity index (χ1n) is 6.75. The second-order valence-corrected chi connectivity index (χ2v) is 5.04. The molecule has 2 amide bonds. The van der Waals surface area contributed by atoms with Crippen molar-refractivity contribution in [2.45, 2.75) is 0 Å². The van der Waals surface area contributed by atoms with E-state index in [-0.39, 0.29) is 11.3 Å². The molecule has 0 spiro atoms. The van der Waals surface area contributed by atoms with Gasteiger partial charge in [-0.15, -0.1) is 0 Å². The van der Waals surface area contributed by atoms with Gasteiger partial charge >= 0.3 is 0 Å². The predicted octanol–water partition coefficient (Wildman–Crippen LogP) is 2.72. The molecule has 0 bridgehead atoms. The van der Waals surface area contributed by atoms with Crippen LogP contribution in [0.3, 0.4) is 0 Å². The maximum absolute atomic E-state index is 11.8. The molecule has 0 atom stereocenters. The number of nitro benzene ring substituents is 1. The van der Waals surface area contributed by atoms with Crippen molar-refractivity contribution < 1.29 is 14.5 Å². The monoisotopic (exact) mass is 345 g/mol. The van der Waals surface area contributed by atoms with Crippen LogP contribution in [0.15, 0.2) is 54.6 Å². The quantitative estimate of drug-likeness (QED) is 0.505. The molecule has 0 saturated heterocycles. The molecule has 122 valence electrons. The van der Waals surface area contributed by atoms with Gasteiger partial charge in [-0.2, -0.15) is 0 Å². The van der Waals surface area contributed by atoms with E-state index in [1.54, 1.807) is 18.2 Å².